The van der Waals surface area contributed by atoms with Crippen LogP contribution in [0, 0.1) is 5.92 Å². The molecule has 0 aliphatic carbocycles. The Bertz CT molecular complexity index is 199. The average Bonchev–Trinajstić information content (AvgIpc) is 2.11. The Morgan fingerprint density at radius 2 is 2.08 bits per heavy atom. The number of halogens is 1. The van der Waals surface area contributed by atoms with Gasteiger partial charge >= 0.3 is 0 Å². The van der Waals surface area contributed by atoms with E-state index in [2.05, 4.69) is 5.32 Å². The minimum Gasteiger partial charge on any atom is -0.355 e. The van der Waals surface area contributed by atoms with Crippen LogP contribution in [0.4, 0.5) is 0 Å². The number of amides is 1. The Kier molecular flexibility index (Phi) is 6.33. The first-order valence-corrected chi connectivity index (χ1v) is 6.30. The number of carbonyl (C=O) groups is 1. The maximum atomic E-state index is 11.2. The zero-order chi connectivity index (χ0) is 10.4. The van der Waals surface area contributed by atoms with Crippen molar-refractivity contribution in [2.45, 2.75) is 19.1 Å². The maximum absolute atomic E-state index is 11.2. The third-order valence-electron chi connectivity index (χ3n) is 1.81. The van der Waals surface area contributed by atoms with Crippen LogP contribution in [0.5, 0.6) is 0 Å². The molecule has 3 atom stereocenters. The molecule has 3 unspecified atom stereocenters. The van der Waals surface area contributed by atoms with E-state index in [1.165, 1.54) is 0 Å². The summed E-state index contributed by atoms with van der Waals surface area (Å²) in [5, 5.41) is 2.69. The highest BCUT2D eigenvalue weighted by Crippen LogP contribution is 1.98. The number of hydrogen-bond acceptors (Lipinski definition) is 2. The Morgan fingerprint density at radius 3 is 2.46 bits per heavy atom. The van der Waals surface area contributed by atoms with Gasteiger partial charge in [-0.05, 0) is 6.92 Å². The molecule has 0 aromatic rings. The summed E-state index contributed by atoms with van der Waals surface area (Å²) >= 11 is 5.50. The lowest BCUT2D eigenvalue weighted by Crippen LogP contribution is -2.36. The first kappa shape index (κ1) is 12.9. The Labute approximate surface area is 86.7 Å². The van der Waals surface area contributed by atoms with Gasteiger partial charge in [-0.25, -0.2) is 0 Å². The summed E-state index contributed by atoms with van der Waals surface area (Å²) in [6, 6.07) is 0. The molecule has 3 nitrogen and oxygen atoms in total. The monoisotopic (exact) mass is 225 g/mol. The summed E-state index contributed by atoms with van der Waals surface area (Å²) in [6.07, 6.45) is 1.63. The van der Waals surface area contributed by atoms with E-state index in [0.717, 1.165) is 0 Å². The van der Waals surface area contributed by atoms with Gasteiger partial charge in [0.15, 0.2) is 0 Å². The quantitative estimate of drug-likeness (QED) is 0.702. The fourth-order valence-electron chi connectivity index (χ4n) is 0.606. The second-order valence-corrected chi connectivity index (χ2v) is 5.22. The normalized spacial score (nSPS) is 17.5. The summed E-state index contributed by atoms with van der Waals surface area (Å²) in [6.45, 7) is 4.04. The van der Waals surface area contributed by atoms with E-state index in [0.29, 0.717) is 12.4 Å². The van der Waals surface area contributed by atoms with Gasteiger partial charge in [0.2, 0.25) is 5.91 Å². The van der Waals surface area contributed by atoms with Crippen molar-refractivity contribution in [2.24, 2.45) is 5.92 Å². The molecule has 1 amide bonds. The van der Waals surface area contributed by atoms with Crippen LogP contribution in [0.25, 0.3) is 0 Å². The third kappa shape index (κ3) is 5.26. The molecule has 0 aromatic heterocycles. The van der Waals surface area contributed by atoms with Crippen molar-refractivity contribution in [1.82, 2.24) is 5.32 Å². The van der Waals surface area contributed by atoms with Crippen LogP contribution < -0.4 is 5.32 Å². The van der Waals surface area contributed by atoms with Gasteiger partial charge in [-0.3, -0.25) is 9.00 Å². The Hall–Kier alpha value is -0.0900. The van der Waals surface area contributed by atoms with E-state index in [4.69, 9.17) is 11.6 Å². The predicted octanol–water partition coefficient (Wildman–Crippen LogP) is 0.744. The van der Waals surface area contributed by atoms with Crippen LogP contribution in [0.3, 0.4) is 0 Å². The fraction of sp³-hybridized carbons (Fsp3) is 0.875. The molecule has 0 spiro atoms. The highest BCUT2D eigenvalue weighted by atomic mass is 35.5. The van der Waals surface area contributed by atoms with Gasteiger partial charge in [0.1, 0.15) is 0 Å². The SMILES string of the molecule is CC(CCl)C(=O)NCC(C)S(C)=O. The molecule has 0 aromatic carbocycles. The van der Waals surface area contributed by atoms with Gasteiger partial charge in [-0.15, -0.1) is 11.6 Å². The van der Waals surface area contributed by atoms with E-state index < -0.39 is 10.8 Å². The van der Waals surface area contributed by atoms with Crippen LogP contribution in [0.1, 0.15) is 13.8 Å². The maximum Gasteiger partial charge on any atom is 0.224 e. The molecule has 0 heterocycles. The molecule has 78 valence electrons. The summed E-state index contributed by atoms with van der Waals surface area (Å²) in [7, 11) is -0.890. The highest BCUT2D eigenvalue weighted by Gasteiger charge is 2.13. The Morgan fingerprint density at radius 1 is 1.54 bits per heavy atom. The molecule has 0 fully saturated rings. The first-order chi connectivity index (χ1) is 5.99. The summed E-state index contributed by atoms with van der Waals surface area (Å²) in [5.74, 6) is 0.0570. The number of nitrogens with one attached hydrogen (secondary N) is 1. The minimum absolute atomic E-state index is 0.00789. The molecule has 0 aliphatic rings. The standard InChI is InChI=1S/C8H16ClNO2S/c1-6(4-9)8(11)10-5-7(2)13(3)12/h6-7H,4-5H2,1-3H3,(H,10,11). The van der Waals surface area contributed by atoms with Crippen LogP contribution >= 0.6 is 11.6 Å². The van der Waals surface area contributed by atoms with Gasteiger partial charge in [0, 0.05) is 40.6 Å². The van der Waals surface area contributed by atoms with Gasteiger partial charge in [-0.2, -0.15) is 0 Å². The third-order valence-corrected chi connectivity index (χ3v) is 3.57. The van der Waals surface area contributed by atoms with E-state index in [1.54, 1.807) is 13.2 Å². The predicted molar refractivity (Wildman–Crippen MR) is 56.4 cm³/mol. The molecule has 0 saturated heterocycles. The molecule has 13 heavy (non-hydrogen) atoms. The molecule has 0 bridgehead atoms. The average molecular weight is 226 g/mol. The summed E-state index contributed by atoms with van der Waals surface area (Å²) in [5.41, 5.74) is 0. The molecule has 1 N–H and O–H groups in total. The van der Waals surface area contributed by atoms with Crippen molar-refractivity contribution in [2.75, 3.05) is 18.7 Å². The highest BCUT2D eigenvalue weighted by molar-refractivity contribution is 7.84. The Balaban J connectivity index is 3.76. The summed E-state index contributed by atoms with van der Waals surface area (Å²) < 4.78 is 10.9. The van der Waals surface area contributed by atoms with Gasteiger partial charge in [0.25, 0.3) is 0 Å². The van der Waals surface area contributed by atoms with Gasteiger partial charge in [-0.1, -0.05) is 6.92 Å². The molecule has 0 saturated carbocycles. The van der Waals surface area contributed by atoms with E-state index in [9.17, 15) is 9.00 Å². The van der Waals surface area contributed by atoms with Crippen LogP contribution in [0.2, 0.25) is 0 Å². The number of alkyl halides is 1. The smallest absolute Gasteiger partial charge is 0.224 e. The first-order valence-electron chi connectivity index (χ1n) is 4.15. The topological polar surface area (TPSA) is 46.2 Å². The van der Waals surface area contributed by atoms with Crippen molar-refractivity contribution in [3.63, 3.8) is 0 Å². The van der Waals surface area contributed by atoms with Gasteiger partial charge < -0.3 is 5.32 Å². The largest absolute Gasteiger partial charge is 0.355 e. The van der Waals surface area contributed by atoms with Crippen LogP contribution in [0.15, 0.2) is 0 Å². The van der Waals surface area contributed by atoms with Crippen molar-refractivity contribution in [3.05, 3.63) is 0 Å². The van der Waals surface area contributed by atoms with Crippen LogP contribution in [-0.2, 0) is 15.6 Å². The molecular formula is C8H16ClNO2S. The minimum atomic E-state index is -0.890. The molecule has 0 radical (unpaired) electrons. The summed E-state index contributed by atoms with van der Waals surface area (Å²) in [4.78, 5) is 11.2. The lowest BCUT2D eigenvalue weighted by molar-refractivity contribution is -0.123. The van der Waals surface area contributed by atoms with E-state index >= 15 is 0 Å². The second kappa shape index (κ2) is 6.38. The van der Waals surface area contributed by atoms with Crippen LogP contribution in [-0.4, -0.2) is 34.0 Å². The molecule has 5 heteroatoms. The number of hydrogen-bond donors (Lipinski definition) is 1. The van der Waals surface area contributed by atoms with Crippen molar-refractivity contribution in [1.29, 1.82) is 0 Å². The van der Waals surface area contributed by atoms with E-state index in [-0.39, 0.29) is 17.1 Å². The lowest BCUT2D eigenvalue weighted by atomic mass is 10.2. The molecule has 0 aliphatic heterocycles. The lowest BCUT2D eigenvalue weighted by Gasteiger charge is -2.12. The van der Waals surface area contributed by atoms with Crippen molar-refractivity contribution < 1.29 is 9.00 Å². The fourth-order valence-corrected chi connectivity index (χ4v) is 1.06. The zero-order valence-corrected chi connectivity index (χ0v) is 9.74. The van der Waals surface area contributed by atoms with Gasteiger partial charge in [0.05, 0.1) is 0 Å². The number of carbonyl (C=O) groups excluding carboxylic acids is 1. The molecular weight excluding hydrogens is 210 g/mol. The van der Waals surface area contributed by atoms with Crippen molar-refractivity contribution >= 4 is 28.3 Å². The number of rotatable bonds is 5. The second-order valence-electron chi connectivity index (χ2n) is 3.11. The van der Waals surface area contributed by atoms with E-state index in [1.807, 2.05) is 6.92 Å². The van der Waals surface area contributed by atoms with Crippen molar-refractivity contribution in [3.8, 4) is 0 Å². The molecule has 0 rings (SSSR count). The zero-order valence-electron chi connectivity index (χ0n) is 8.17.